The Morgan fingerprint density at radius 2 is 1.32 bits per heavy atom. The molecule has 4 amide bonds. The monoisotopic (exact) mass is 973 g/mol. The highest BCUT2D eigenvalue weighted by molar-refractivity contribution is 6.12. The summed E-state index contributed by atoms with van der Waals surface area (Å²) in [5.41, 5.74) is 9.98. The van der Waals surface area contributed by atoms with E-state index < -0.39 is 0 Å². The molecule has 0 bridgehead atoms. The molecule has 4 aliphatic rings. The lowest BCUT2D eigenvalue weighted by Crippen LogP contribution is -2.41. The minimum Gasteiger partial charge on any atom is -0.493 e. The average molecular weight is 974 g/mol. The summed E-state index contributed by atoms with van der Waals surface area (Å²) in [6, 6.07) is 29.5. The number of fused-ring (bicyclic) bond motifs is 8. The van der Waals surface area contributed by atoms with Gasteiger partial charge in [0.1, 0.15) is 24.7 Å². The predicted molar refractivity (Wildman–Crippen MR) is 277 cm³/mol. The van der Waals surface area contributed by atoms with Crippen LogP contribution in [0.5, 0.6) is 17.2 Å². The summed E-state index contributed by atoms with van der Waals surface area (Å²) >= 11 is 0. The zero-order valence-corrected chi connectivity index (χ0v) is 41.9. The molecule has 4 heterocycles. The SMILES string of the molecule is CCC(=O)CCCCC(=O)NCC(=O)CCC(=O)N(C)c1cc(COc2cc3c(cc2C)C(=O)N2c4ccccc4C[C@H]2CN3C)cc(COc2cc3c(cc2OC)C(=O)N2c4ccccc4C[C@H]2CC3)c1. The third-order valence-corrected chi connectivity index (χ3v) is 14.6. The molecule has 5 aromatic carbocycles. The van der Waals surface area contributed by atoms with Crippen molar-refractivity contribution < 1.29 is 43.0 Å². The molecule has 9 rings (SSSR count). The van der Waals surface area contributed by atoms with Crippen molar-refractivity contribution >= 4 is 57.9 Å². The molecular weight excluding hydrogens is 911 g/mol. The Hall–Kier alpha value is -7.48. The van der Waals surface area contributed by atoms with Crippen molar-refractivity contribution in [3.05, 3.63) is 136 Å². The van der Waals surface area contributed by atoms with Gasteiger partial charge >= 0.3 is 0 Å². The third-order valence-electron chi connectivity index (χ3n) is 14.6. The minimum absolute atomic E-state index is 0.00739. The van der Waals surface area contributed by atoms with Crippen molar-refractivity contribution in [3.8, 4) is 17.2 Å². The Bertz CT molecular complexity index is 2950. The molecule has 4 aliphatic heterocycles. The number of hydrogen-bond acceptors (Lipinski definition) is 10. The van der Waals surface area contributed by atoms with Gasteiger partial charge in [0.05, 0.1) is 30.9 Å². The Kier molecular flexibility index (Phi) is 14.8. The van der Waals surface area contributed by atoms with Gasteiger partial charge in [-0.1, -0.05) is 43.3 Å². The van der Waals surface area contributed by atoms with Crippen LogP contribution in [0.15, 0.2) is 91.0 Å². The van der Waals surface area contributed by atoms with Crippen LogP contribution in [0, 0.1) is 6.92 Å². The van der Waals surface area contributed by atoms with Crippen molar-refractivity contribution in [2.24, 2.45) is 0 Å². The van der Waals surface area contributed by atoms with Crippen molar-refractivity contribution in [1.82, 2.24) is 5.32 Å². The normalized spacial score (nSPS) is 16.3. The van der Waals surface area contributed by atoms with Crippen LogP contribution in [-0.4, -0.2) is 81.6 Å². The van der Waals surface area contributed by atoms with Gasteiger partial charge in [0.15, 0.2) is 17.3 Å². The molecule has 0 saturated heterocycles. The molecule has 0 radical (unpaired) electrons. The third kappa shape index (κ3) is 10.4. The van der Waals surface area contributed by atoms with Crippen LogP contribution in [-0.2, 0) is 51.7 Å². The first-order valence-electron chi connectivity index (χ1n) is 25.1. The Morgan fingerprint density at radius 1 is 0.681 bits per heavy atom. The van der Waals surface area contributed by atoms with Gasteiger partial charge < -0.3 is 39.1 Å². The highest BCUT2D eigenvalue weighted by Crippen LogP contribution is 2.42. The number of amides is 4. The highest BCUT2D eigenvalue weighted by Gasteiger charge is 2.40. The van der Waals surface area contributed by atoms with Gasteiger partial charge in [0.2, 0.25) is 11.8 Å². The number of rotatable bonds is 19. The molecule has 14 nitrogen and oxygen atoms in total. The summed E-state index contributed by atoms with van der Waals surface area (Å²) < 4.78 is 18.9. The largest absolute Gasteiger partial charge is 0.493 e. The van der Waals surface area contributed by atoms with E-state index >= 15 is 0 Å². The van der Waals surface area contributed by atoms with E-state index in [1.165, 1.54) is 16.0 Å². The van der Waals surface area contributed by atoms with Crippen LogP contribution in [0.3, 0.4) is 0 Å². The maximum atomic E-state index is 14.2. The average Bonchev–Trinajstić information content (AvgIpc) is 3.89. The van der Waals surface area contributed by atoms with Gasteiger partial charge in [0.25, 0.3) is 11.8 Å². The van der Waals surface area contributed by atoms with Gasteiger partial charge in [-0.05, 0) is 127 Å². The molecule has 0 aromatic heterocycles. The molecule has 1 N–H and O–H groups in total. The Morgan fingerprint density at radius 3 is 2.01 bits per heavy atom. The summed E-state index contributed by atoms with van der Waals surface area (Å²) in [6.07, 6.45) is 5.29. The van der Waals surface area contributed by atoms with Crippen molar-refractivity contribution in [2.75, 3.05) is 53.9 Å². The van der Waals surface area contributed by atoms with Crippen molar-refractivity contribution in [1.29, 1.82) is 0 Å². The number of hydrogen-bond donors (Lipinski definition) is 1. The first kappa shape index (κ1) is 49.5. The number of Topliss-reactive ketones (excluding diaryl/α,β-unsaturated/α-hetero) is 2. The van der Waals surface area contributed by atoms with Crippen LogP contribution >= 0.6 is 0 Å². The number of likely N-dealkylation sites (N-methyl/N-ethyl adjacent to an activating group) is 1. The van der Waals surface area contributed by atoms with E-state index in [0.29, 0.717) is 72.7 Å². The summed E-state index contributed by atoms with van der Waals surface area (Å²) in [5.74, 6) is 0.781. The number of ketones is 2. The fourth-order valence-corrected chi connectivity index (χ4v) is 10.6. The number of ether oxygens (including phenoxy) is 3. The summed E-state index contributed by atoms with van der Waals surface area (Å²) in [6.45, 7) is 4.44. The molecule has 2 atom stereocenters. The van der Waals surface area contributed by atoms with E-state index in [4.69, 9.17) is 14.2 Å². The van der Waals surface area contributed by atoms with E-state index in [0.717, 1.165) is 58.6 Å². The number of carbonyl (C=O) groups is 6. The van der Waals surface area contributed by atoms with Crippen LogP contribution in [0.1, 0.15) is 112 Å². The van der Waals surface area contributed by atoms with Gasteiger partial charge in [-0.2, -0.15) is 0 Å². The standard InChI is InChI=1S/C58H63N5O9/c1-6-45(64)15-9-12-18-55(66)59-32-46(65)21-22-56(67)61(4)43-25-37(34-71-52-31-51-48(23-36(52)2)58(69)63-44(33-60(51)3)28-41-14-8-11-17-50(41)63)24-38(26-43)35-72-54-29-39-19-20-42-27-40-13-7-10-16-49(40)62(42)57(68)47(39)30-53(54)70-5/h7-8,10-11,13-14,16-17,23-26,29-31,42,44H,6,9,12,15,18-22,27-28,32-35H2,1-5H3,(H,59,66)/t42-,44+/m1/s1. The van der Waals surface area contributed by atoms with Crippen molar-refractivity contribution in [3.63, 3.8) is 0 Å². The maximum absolute atomic E-state index is 14.2. The zero-order valence-electron chi connectivity index (χ0n) is 41.9. The number of aryl methyl sites for hydroxylation is 2. The van der Waals surface area contributed by atoms with Gasteiger partial charge in [-0.3, -0.25) is 28.8 Å². The molecule has 5 aromatic rings. The quantitative estimate of drug-likeness (QED) is 0.0796. The van der Waals surface area contributed by atoms with E-state index in [-0.39, 0.29) is 86.3 Å². The molecular formula is C58H63N5O9. The molecule has 0 aliphatic carbocycles. The van der Waals surface area contributed by atoms with Crippen LogP contribution < -0.4 is 39.1 Å². The van der Waals surface area contributed by atoms with E-state index in [1.807, 2.05) is 103 Å². The maximum Gasteiger partial charge on any atom is 0.260 e. The number of methoxy groups -OCH3 is 1. The lowest BCUT2D eigenvalue weighted by molar-refractivity contribution is -0.126. The fourth-order valence-electron chi connectivity index (χ4n) is 10.6. The van der Waals surface area contributed by atoms with Crippen LogP contribution in [0.25, 0.3) is 0 Å². The second-order valence-electron chi connectivity index (χ2n) is 19.5. The number of unbranched alkanes of at least 4 members (excludes halogenated alkanes) is 1. The molecule has 374 valence electrons. The second-order valence-corrected chi connectivity index (χ2v) is 19.5. The minimum atomic E-state index is -0.294. The number of benzene rings is 5. The van der Waals surface area contributed by atoms with Crippen LogP contribution in [0.2, 0.25) is 0 Å². The fraction of sp³-hybridized carbons (Fsp3) is 0.379. The lowest BCUT2D eigenvalue weighted by atomic mass is 9.99. The van der Waals surface area contributed by atoms with Crippen LogP contribution in [0.4, 0.5) is 22.7 Å². The molecule has 0 unspecified atom stereocenters. The first-order valence-corrected chi connectivity index (χ1v) is 25.1. The van der Waals surface area contributed by atoms with E-state index in [9.17, 15) is 28.8 Å². The van der Waals surface area contributed by atoms with Gasteiger partial charge in [0, 0.05) is 87.5 Å². The predicted octanol–water partition coefficient (Wildman–Crippen LogP) is 8.67. The number of nitrogens with one attached hydrogen (secondary N) is 1. The smallest absolute Gasteiger partial charge is 0.260 e. The molecule has 14 heteroatoms. The molecule has 0 fully saturated rings. The Balaban J connectivity index is 0.924. The number of anilines is 4. The second kappa shape index (κ2) is 21.5. The summed E-state index contributed by atoms with van der Waals surface area (Å²) in [7, 11) is 5.22. The zero-order chi connectivity index (χ0) is 50.6. The van der Waals surface area contributed by atoms with Crippen molar-refractivity contribution in [2.45, 2.75) is 110 Å². The number of nitrogens with zero attached hydrogens (tertiary/aromatic N) is 4. The van der Waals surface area contributed by atoms with Gasteiger partial charge in [-0.25, -0.2) is 0 Å². The molecule has 72 heavy (non-hydrogen) atoms. The molecule has 0 saturated carbocycles. The molecule has 0 spiro atoms. The first-order chi connectivity index (χ1) is 34.8. The van der Waals surface area contributed by atoms with Gasteiger partial charge in [-0.15, -0.1) is 0 Å². The number of carbonyl (C=O) groups excluding carboxylic acids is 6. The Labute approximate surface area is 421 Å². The topological polar surface area (TPSA) is 155 Å². The highest BCUT2D eigenvalue weighted by atomic mass is 16.5. The number of para-hydroxylation sites is 2. The van der Waals surface area contributed by atoms with E-state index in [1.54, 1.807) is 20.2 Å². The lowest BCUT2D eigenvalue weighted by Gasteiger charge is -2.25. The summed E-state index contributed by atoms with van der Waals surface area (Å²) in [5, 5.41) is 2.65. The summed E-state index contributed by atoms with van der Waals surface area (Å²) in [4.78, 5) is 86.4. The van der Waals surface area contributed by atoms with E-state index in [2.05, 4.69) is 22.3 Å².